The molecule has 110 valence electrons. The van der Waals surface area contributed by atoms with E-state index in [1.165, 1.54) is 37.4 Å². The molecule has 18 heavy (non-hydrogen) atoms. The number of halogens is 1. The van der Waals surface area contributed by atoms with Crippen molar-refractivity contribution in [2.45, 2.75) is 77.8 Å². The highest BCUT2D eigenvalue weighted by atomic mass is 79.9. The Morgan fingerprint density at radius 3 is 2.00 bits per heavy atom. The summed E-state index contributed by atoms with van der Waals surface area (Å²) >= 11 is 3.47. The van der Waals surface area contributed by atoms with Gasteiger partial charge in [-0.1, -0.05) is 43.1 Å². The molecule has 0 aliphatic heterocycles. The van der Waals surface area contributed by atoms with Crippen molar-refractivity contribution >= 4 is 24.2 Å². The minimum Gasteiger partial charge on any atom is -0.392 e. The molecule has 0 rings (SSSR count). The molecule has 0 saturated carbocycles. The van der Waals surface area contributed by atoms with E-state index in [2.05, 4.69) is 43.6 Å². The fourth-order valence-corrected chi connectivity index (χ4v) is 5.36. The van der Waals surface area contributed by atoms with Crippen molar-refractivity contribution in [1.29, 1.82) is 0 Å². The summed E-state index contributed by atoms with van der Waals surface area (Å²) in [5.74, 6) is 0. The molecular formula is C14H31BrO2Si. The van der Waals surface area contributed by atoms with Crippen LogP contribution in [0.4, 0.5) is 0 Å². The van der Waals surface area contributed by atoms with Gasteiger partial charge < -0.3 is 9.16 Å². The van der Waals surface area contributed by atoms with Crippen LogP contribution in [0.1, 0.15) is 53.4 Å². The molecule has 1 unspecified atom stereocenters. The second-order valence-corrected chi connectivity index (χ2v) is 10.3. The molecule has 0 aromatic rings. The zero-order valence-electron chi connectivity index (χ0n) is 12.6. The summed E-state index contributed by atoms with van der Waals surface area (Å²) in [6, 6.07) is 3.60. The summed E-state index contributed by atoms with van der Waals surface area (Å²) in [5.41, 5.74) is 0. The minimum atomic E-state index is -1.52. The van der Waals surface area contributed by atoms with Crippen LogP contribution in [0.15, 0.2) is 0 Å². The Kier molecular flexibility index (Phi) is 11.8. The van der Waals surface area contributed by atoms with Gasteiger partial charge in [-0.05, 0) is 44.3 Å². The SMILES string of the molecule is CCOC(CCCCCBr)O[Si](CC)(CC)CC. The number of ether oxygens (including phenoxy) is 1. The summed E-state index contributed by atoms with van der Waals surface area (Å²) in [6.45, 7) is 9.62. The molecule has 0 aliphatic rings. The van der Waals surface area contributed by atoms with E-state index in [0.29, 0.717) is 0 Å². The van der Waals surface area contributed by atoms with Gasteiger partial charge in [-0.2, -0.15) is 0 Å². The van der Waals surface area contributed by atoms with Crippen LogP contribution in [0.5, 0.6) is 0 Å². The molecule has 0 aromatic carbocycles. The largest absolute Gasteiger partial charge is 0.392 e. The van der Waals surface area contributed by atoms with Gasteiger partial charge in [0.15, 0.2) is 8.32 Å². The average Bonchev–Trinajstić information content (AvgIpc) is 2.41. The highest BCUT2D eigenvalue weighted by molar-refractivity contribution is 9.09. The smallest absolute Gasteiger partial charge is 0.195 e. The van der Waals surface area contributed by atoms with Crippen molar-refractivity contribution in [3.8, 4) is 0 Å². The molecule has 2 nitrogen and oxygen atoms in total. The van der Waals surface area contributed by atoms with Crippen molar-refractivity contribution in [3.05, 3.63) is 0 Å². The fourth-order valence-electron chi connectivity index (χ4n) is 2.22. The van der Waals surface area contributed by atoms with E-state index in [0.717, 1.165) is 18.4 Å². The van der Waals surface area contributed by atoms with E-state index in [9.17, 15) is 0 Å². The number of rotatable bonds is 12. The molecule has 0 N–H and O–H groups in total. The van der Waals surface area contributed by atoms with Crippen LogP contribution in [-0.4, -0.2) is 26.5 Å². The minimum absolute atomic E-state index is 0.0387. The molecule has 0 heterocycles. The first-order chi connectivity index (χ1) is 8.67. The van der Waals surface area contributed by atoms with E-state index >= 15 is 0 Å². The third-order valence-corrected chi connectivity index (χ3v) is 8.93. The zero-order chi connectivity index (χ0) is 13.9. The molecule has 4 heteroatoms. The fraction of sp³-hybridized carbons (Fsp3) is 1.00. The Balaban J connectivity index is 4.22. The first-order valence-electron chi connectivity index (χ1n) is 7.53. The summed E-state index contributed by atoms with van der Waals surface area (Å²) in [4.78, 5) is 0. The van der Waals surface area contributed by atoms with Crippen molar-refractivity contribution < 1.29 is 9.16 Å². The molecule has 0 saturated heterocycles. The molecule has 0 radical (unpaired) electrons. The Bertz CT molecular complexity index is 178. The molecular weight excluding hydrogens is 308 g/mol. The lowest BCUT2D eigenvalue weighted by Crippen LogP contribution is -2.40. The van der Waals surface area contributed by atoms with E-state index in [1.807, 2.05) is 0 Å². The molecule has 0 spiro atoms. The monoisotopic (exact) mass is 338 g/mol. The van der Waals surface area contributed by atoms with Gasteiger partial charge >= 0.3 is 0 Å². The molecule has 0 fully saturated rings. The van der Waals surface area contributed by atoms with Gasteiger partial charge in [-0.25, -0.2) is 0 Å². The van der Waals surface area contributed by atoms with Crippen LogP contribution >= 0.6 is 15.9 Å². The van der Waals surface area contributed by atoms with Gasteiger partial charge in [0.25, 0.3) is 0 Å². The van der Waals surface area contributed by atoms with Crippen LogP contribution in [-0.2, 0) is 9.16 Å². The molecule has 0 amide bonds. The van der Waals surface area contributed by atoms with Gasteiger partial charge in [0, 0.05) is 11.9 Å². The summed E-state index contributed by atoms with van der Waals surface area (Å²) < 4.78 is 12.2. The van der Waals surface area contributed by atoms with Crippen molar-refractivity contribution in [1.82, 2.24) is 0 Å². The number of hydrogen-bond donors (Lipinski definition) is 0. The Labute approximate surface area is 123 Å². The predicted molar refractivity (Wildman–Crippen MR) is 86.0 cm³/mol. The number of unbranched alkanes of at least 4 members (excludes halogenated alkanes) is 2. The second-order valence-electron chi connectivity index (χ2n) is 4.78. The van der Waals surface area contributed by atoms with E-state index < -0.39 is 8.32 Å². The van der Waals surface area contributed by atoms with Crippen LogP contribution in [0.2, 0.25) is 18.1 Å². The maximum absolute atomic E-state index is 6.41. The summed E-state index contributed by atoms with van der Waals surface area (Å²) in [5, 5.41) is 1.10. The average molecular weight is 339 g/mol. The predicted octanol–water partition coefficient (Wildman–Crippen LogP) is 5.33. The van der Waals surface area contributed by atoms with Gasteiger partial charge in [0.05, 0.1) is 0 Å². The quantitative estimate of drug-likeness (QED) is 0.207. The molecule has 0 aliphatic carbocycles. The van der Waals surface area contributed by atoms with Crippen LogP contribution in [0.3, 0.4) is 0 Å². The first kappa shape index (κ1) is 18.6. The Morgan fingerprint density at radius 2 is 1.56 bits per heavy atom. The maximum atomic E-state index is 6.41. The van der Waals surface area contributed by atoms with Gasteiger partial charge in [0.2, 0.25) is 0 Å². The lowest BCUT2D eigenvalue weighted by Gasteiger charge is -2.33. The molecule has 0 aromatic heterocycles. The highest BCUT2D eigenvalue weighted by Gasteiger charge is 2.32. The van der Waals surface area contributed by atoms with Gasteiger partial charge in [-0.3, -0.25) is 0 Å². The summed E-state index contributed by atoms with van der Waals surface area (Å²) in [7, 11) is -1.52. The van der Waals surface area contributed by atoms with Gasteiger partial charge in [-0.15, -0.1) is 0 Å². The van der Waals surface area contributed by atoms with E-state index in [-0.39, 0.29) is 6.29 Å². The normalized spacial score (nSPS) is 13.8. The van der Waals surface area contributed by atoms with Crippen LogP contribution < -0.4 is 0 Å². The lowest BCUT2D eigenvalue weighted by molar-refractivity contribution is -0.0881. The van der Waals surface area contributed by atoms with Crippen molar-refractivity contribution in [2.75, 3.05) is 11.9 Å². The molecule has 1 atom stereocenters. The Hall–Kier alpha value is 0.617. The lowest BCUT2D eigenvalue weighted by atomic mass is 10.2. The first-order valence-corrected chi connectivity index (χ1v) is 11.2. The Morgan fingerprint density at radius 1 is 0.944 bits per heavy atom. The van der Waals surface area contributed by atoms with Crippen molar-refractivity contribution in [2.24, 2.45) is 0 Å². The topological polar surface area (TPSA) is 18.5 Å². The second kappa shape index (κ2) is 11.4. The number of hydrogen-bond acceptors (Lipinski definition) is 2. The van der Waals surface area contributed by atoms with Crippen molar-refractivity contribution in [3.63, 3.8) is 0 Å². The van der Waals surface area contributed by atoms with E-state index in [1.54, 1.807) is 0 Å². The van der Waals surface area contributed by atoms with E-state index in [4.69, 9.17) is 9.16 Å². The van der Waals surface area contributed by atoms with Gasteiger partial charge in [0.1, 0.15) is 6.29 Å². The van der Waals surface area contributed by atoms with Crippen LogP contribution in [0.25, 0.3) is 0 Å². The van der Waals surface area contributed by atoms with Crippen LogP contribution in [0, 0.1) is 0 Å². The summed E-state index contributed by atoms with van der Waals surface area (Å²) in [6.07, 6.45) is 4.80. The third kappa shape index (κ3) is 7.27. The maximum Gasteiger partial charge on any atom is 0.195 e. The molecule has 0 bridgehead atoms. The third-order valence-electron chi connectivity index (χ3n) is 3.74. The highest BCUT2D eigenvalue weighted by Crippen LogP contribution is 2.25. The number of alkyl halides is 1. The standard InChI is InChI=1S/C14H31BrO2Si/c1-5-16-14(12-10-9-11-13-15)17-18(6-2,7-3)8-4/h14H,5-13H2,1-4H3. The zero-order valence-corrected chi connectivity index (χ0v) is 15.2.